The van der Waals surface area contributed by atoms with Crippen molar-refractivity contribution in [3.05, 3.63) is 48.0 Å². The van der Waals surface area contributed by atoms with Gasteiger partial charge in [-0.15, -0.1) is 0 Å². The van der Waals surface area contributed by atoms with E-state index >= 15 is 0 Å². The SMILES string of the molecule is COc1ccc2cc(C=CCC#N)ccc2c1. The molecule has 0 saturated heterocycles. The molecule has 0 aromatic heterocycles. The lowest BCUT2D eigenvalue weighted by molar-refractivity contribution is 0.415. The van der Waals surface area contributed by atoms with Crippen LogP contribution in [0, 0.1) is 11.3 Å². The minimum Gasteiger partial charge on any atom is -0.497 e. The number of ether oxygens (including phenoxy) is 1. The predicted molar refractivity (Wildman–Crippen MR) is 69.8 cm³/mol. The van der Waals surface area contributed by atoms with Gasteiger partial charge < -0.3 is 4.74 Å². The molecule has 0 atom stereocenters. The third-order valence-corrected chi connectivity index (χ3v) is 2.59. The van der Waals surface area contributed by atoms with Gasteiger partial charge in [-0.25, -0.2) is 0 Å². The second-order valence-electron chi connectivity index (χ2n) is 3.74. The highest BCUT2D eigenvalue weighted by Gasteiger charge is 1.96. The summed E-state index contributed by atoms with van der Waals surface area (Å²) < 4.78 is 5.18. The first kappa shape index (κ1) is 11.2. The lowest BCUT2D eigenvalue weighted by Crippen LogP contribution is -1.82. The molecule has 0 unspecified atom stereocenters. The monoisotopic (exact) mass is 223 g/mol. The van der Waals surface area contributed by atoms with Crippen molar-refractivity contribution >= 4 is 16.8 Å². The molecule has 0 saturated carbocycles. The van der Waals surface area contributed by atoms with Crippen LogP contribution in [0.2, 0.25) is 0 Å². The number of allylic oxidation sites excluding steroid dienone is 1. The number of benzene rings is 2. The topological polar surface area (TPSA) is 33.0 Å². The molecular formula is C15H13NO. The Balaban J connectivity index is 2.35. The molecule has 2 aromatic rings. The molecule has 2 aromatic carbocycles. The average Bonchev–Trinajstić information content (AvgIpc) is 2.38. The van der Waals surface area contributed by atoms with Crippen molar-refractivity contribution in [2.75, 3.05) is 7.11 Å². The van der Waals surface area contributed by atoms with Crippen molar-refractivity contribution in [3.8, 4) is 11.8 Å². The van der Waals surface area contributed by atoms with Crippen LogP contribution in [0.4, 0.5) is 0 Å². The van der Waals surface area contributed by atoms with Gasteiger partial charge in [0.15, 0.2) is 0 Å². The third kappa shape index (κ3) is 2.64. The van der Waals surface area contributed by atoms with Crippen LogP contribution >= 0.6 is 0 Å². The van der Waals surface area contributed by atoms with Crippen LogP contribution in [0.15, 0.2) is 42.5 Å². The molecule has 2 nitrogen and oxygen atoms in total. The van der Waals surface area contributed by atoms with Crippen molar-refractivity contribution < 1.29 is 4.74 Å². The van der Waals surface area contributed by atoms with E-state index in [2.05, 4.69) is 18.2 Å². The van der Waals surface area contributed by atoms with E-state index in [1.165, 1.54) is 5.39 Å². The highest BCUT2D eigenvalue weighted by atomic mass is 16.5. The first-order valence-electron chi connectivity index (χ1n) is 5.45. The fourth-order valence-electron chi connectivity index (χ4n) is 1.72. The van der Waals surface area contributed by atoms with Crippen molar-refractivity contribution in [1.29, 1.82) is 5.26 Å². The van der Waals surface area contributed by atoms with Gasteiger partial charge in [0.25, 0.3) is 0 Å². The third-order valence-electron chi connectivity index (χ3n) is 2.59. The van der Waals surface area contributed by atoms with Crippen LogP contribution in [-0.4, -0.2) is 7.11 Å². The zero-order chi connectivity index (χ0) is 12.1. The molecule has 0 aliphatic carbocycles. The Kier molecular flexibility index (Phi) is 3.42. The number of methoxy groups -OCH3 is 1. The van der Waals surface area contributed by atoms with Gasteiger partial charge in [-0.05, 0) is 34.5 Å². The van der Waals surface area contributed by atoms with Crippen LogP contribution in [0.25, 0.3) is 16.8 Å². The number of nitriles is 1. The number of rotatable bonds is 3. The summed E-state index contributed by atoms with van der Waals surface area (Å²) in [6.07, 6.45) is 4.28. The van der Waals surface area contributed by atoms with Crippen LogP contribution in [0.5, 0.6) is 5.75 Å². The smallest absolute Gasteiger partial charge is 0.119 e. The van der Waals surface area contributed by atoms with Gasteiger partial charge in [-0.3, -0.25) is 0 Å². The number of hydrogen-bond acceptors (Lipinski definition) is 2. The summed E-state index contributed by atoms with van der Waals surface area (Å²) in [6.45, 7) is 0. The Morgan fingerprint density at radius 2 is 1.94 bits per heavy atom. The molecule has 84 valence electrons. The molecule has 17 heavy (non-hydrogen) atoms. The van der Waals surface area contributed by atoms with E-state index in [0.29, 0.717) is 6.42 Å². The molecule has 0 amide bonds. The normalized spacial score (nSPS) is 10.6. The summed E-state index contributed by atoms with van der Waals surface area (Å²) in [5.41, 5.74) is 1.11. The second kappa shape index (κ2) is 5.18. The molecule has 0 heterocycles. The molecule has 0 radical (unpaired) electrons. The Bertz CT molecular complexity index is 593. The molecular weight excluding hydrogens is 210 g/mol. The maximum absolute atomic E-state index is 8.46. The van der Waals surface area contributed by atoms with E-state index in [1.54, 1.807) is 7.11 Å². The first-order valence-corrected chi connectivity index (χ1v) is 5.45. The summed E-state index contributed by atoms with van der Waals surface area (Å²) in [7, 11) is 1.67. The fraction of sp³-hybridized carbons (Fsp3) is 0.133. The molecule has 0 aliphatic heterocycles. The van der Waals surface area contributed by atoms with Gasteiger partial charge >= 0.3 is 0 Å². The van der Waals surface area contributed by atoms with E-state index < -0.39 is 0 Å². The average molecular weight is 223 g/mol. The predicted octanol–water partition coefficient (Wildman–Crippen LogP) is 3.78. The lowest BCUT2D eigenvalue weighted by atomic mass is 10.1. The quantitative estimate of drug-likeness (QED) is 0.793. The van der Waals surface area contributed by atoms with Gasteiger partial charge in [0, 0.05) is 0 Å². The summed E-state index contributed by atoms with van der Waals surface area (Å²) in [5.74, 6) is 0.866. The number of hydrogen-bond donors (Lipinski definition) is 0. The minimum absolute atomic E-state index is 0.445. The maximum atomic E-state index is 8.46. The molecule has 0 spiro atoms. The van der Waals surface area contributed by atoms with Crippen molar-refractivity contribution in [1.82, 2.24) is 0 Å². The van der Waals surface area contributed by atoms with E-state index in [-0.39, 0.29) is 0 Å². The molecule has 2 rings (SSSR count). The van der Waals surface area contributed by atoms with Crippen LogP contribution in [-0.2, 0) is 0 Å². The van der Waals surface area contributed by atoms with Crippen molar-refractivity contribution in [3.63, 3.8) is 0 Å². The first-order chi connectivity index (χ1) is 8.33. The van der Waals surface area contributed by atoms with Gasteiger partial charge in [-0.2, -0.15) is 5.26 Å². The lowest BCUT2D eigenvalue weighted by Gasteiger charge is -2.03. The van der Waals surface area contributed by atoms with Gasteiger partial charge in [0.1, 0.15) is 5.75 Å². The number of nitrogens with zero attached hydrogens (tertiary/aromatic N) is 1. The number of fused-ring (bicyclic) bond motifs is 1. The molecule has 0 fully saturated rings. The van der Waals surface area contributed by atoms with Crippen LogP contribution in [0.1, 0.15) is 12.0 Å². The highest BCUT2D eigenvalue weighted by Crippen LogP contribution is 2.22. The minimum atomic E-state index is 0.445. The van der Waals surface area contributed by atoms with Gasteiger partial charge in [0.05, 0.1) is 19.6 Å². The summed E-state index contributed by atoms with van der Waals surface area (Å²) in [5, 5.41) is 10.8. The molecule has 0 bridgehead atoms. The van der Waals surface area contributed by atoms with Crippen LogP contribution < -0.4 is 4.74 Å². The fourth-order valence-corrected chi connectivity index (χ4v) is 1.72. The Hall–Kier alpha value is -2.27. The van der Waals surface area contributed by atoms with Gasteiger partial charge in [0.2, 0.25) is 0 Å². The largest absolute Gasteiger partial charge is 0.497 e. The van der Waals surface area contributed by atoms with E-state index in [9.17, 15) is 0 Å². The highest BCUT2D eigenvalue weighted by molar-refractivity contribution is 5.86. The zero-order valence-electron chi connectivity index (χ0n) is 9.68. The summed E-state index contributed by atoms with van der Waals surface area (Å²) >= 11 is 0. The van der Waals surface area contributed by atoms with Crippen molar-refractivity contribution in [2.45, 2.75) is 6.42 Å². The summed E-state index contributed by atoms with van der Waals surface area (Å²) in [6, 6.07) is 14.3. The van der Waals surface area contributed by atoms with Crippen LogP contribution in [0.3, 0.4) is 0 Å². The molecule has 2 heteroatoms. The van der Waals surface area contributed by atoms with Crippen molar-refractivity contribution in [2.24, 2.45) is 0 Å². The Morgan fingerprint density at radius 3 is 2.71 bits per heavy atom. The Labute approximate surface area is 101 Å². The van der Waals surface area contributed by atoms with Gasteiger partial charge in [-0.1, -0.05) is 30.4 Å². The standard InChI is InChI=1S/C15H13NO/c1-17-15-8-7-13-10-12(4-2-3-9-16)5-6-14(13)11-15/h2,4-8,10-11H,3H2,1H3. The van der Waals surface area contributed by atoms with E-state index in [4.69, 9.17) is 10.00 Å². The molecule has 0 aliphatic rings. The summed E-state index contributed by atoms with van der Waals surface area (Å²) in [4.78, 5) is 0. The molecule has 0 N–H and O–H groups in total. The second-order valence-corrected chi connectivity index (χ2v) is 3.74. The maximum Gasteiger partial charge on any atom is 0.119 e. The van der Waals surface area contributed by atoms with E-state index in [1.807, 2.05) is 36.4 Å². The Morgan fingerprint density at radius 1 is 1.18 bits per heavy atom. The van der Waals surface area contributed by atoms with E-state index in [0.717, 1.165) is 16.7 Å². The zero-order valence-corrected chi connectivity index (χ0v) is 9.68.